The van der Waals surface area contributed by atoms with Gasteiger partial charge in [0.15, 0.2) is 0 Å². The van der Waals surface area contributed by atoms with E-state index in [0.29, 0.717) is 28.3 Å². The van der Waals surface area contributed by atoms with Crippen molar-refractivity contribution in [3.05, 3.63) is 95.9 Å². The van der Waals surface area contributed by atoms with Gasteiger partial charge in [0.25, 0.3) is 5.91 Å². The number of carbonyl (C=O) groups is 2. The molecule has 4 aromatic rings. The minimum Gasteiger partial charge on any atom is -0.375 e. The van der Waals surface area contributed by atoms with Crippen LogP contribution in [-0.4, -0.2) is 35.3 Å². The van der Waals surface area contributed by atoms with Crippen molar-refractivity contribution < 1.29 is 18.7 Å². The number of rotatable bonds is 7. The lowest BCUT2D eigenvalue weighted by Crippen LogP contribution is -2.17. The summed E-state index contributed by atoms with van der Waals surface area (Å²) in [6.45, 7) is 1.94. The lowest BCUT2D eigenvalue weighted by molar-refractivity contribution is -0.119. The van der Waals surface area contributed by atoms with Crippen molar-refractivity contribution in [1.82, 2.24) is 9.78 Å². The van der Waals surface area contributed by atoms with E-state index in [9.17, 15) is 14.0 Å². The Morgan fingerprint density at radius 1 is 0.912 bits per heavy atom. The largest absolute Gasteiger partial charge is 0.375 e. The van der Waals surface area contributed by atoms with Crippen molar-refractivity contribution in [2.45, 2.75) is 6.92 Å². The molecule has 1 heterocycles. The van der Waals surface area contributed by atoms with E-state index in [2.05, 4.69) is 15.7 Å². The number of amides is 2. The van der Waals surface area contributed by atoms with E-state index in [-0.39, 0.29) is 24.2 Å². The summed E-state index contributed by atoms with van der Waals surface area (Å²) in [6.07, 6.45) is 1.62. The average Bonchev–Trinajstić information content (AvgIpc) is 3.27. The third kappa shape index (κ3) is 5.36. The van der Waals surface area contributed by atoms with E-state index in [0.717, 1.165) is 11.1 Å². The molecule has 0 spiro atoms. The van der Waals surface area contributed by atoms with Crippen molar-refractivity contribution in [3.8, 4) is 16.9 Å². The van der Waals surface area contributed by atoms with Crippen LogP contribution in [0.5, 0.6) is 0 Å². The van der Waals surface area contributed by atoms with E-state index in [1.807, 2.05) is 31.2 Å². The van der Waals surface area contributed by atoms with E-state index in [4.69, 9.17) is 4.74 Å². The fraction of sp³-hybridized carbons (Fsp3) is 0.115. The molecule has 0 bridgehead atoms. The Morgan fingerprint density at radius 2 is 1.53 bits per heavy atom. The monoisotopic (exact) mass is 458 g/mol. The first-order valence-electron chi connectivity index (χ1n) is 10.6. The van der Waals surface area contributed by atoms with Crippen LogP contribution in [-0.2, 0) is 9.53 Å². The number of anilines is 2. The van der Waals surface area contributed by atoms with Crippen LogP contribution in [0.4, 0.5) is 15.8 Å². The Balaban J connectivity index is 1.61. The molecule has 0 unspecified atom stereocenters. The van der Waals surface area contributed by atoms with Crippen LogP contribution in [0.1, 0.15) is 15.9 Å². The fourth-order valence-electron chi connectivity index (χ4n) is 3.35. The van der Waals surface area contributed by atoms with Crippen LogP contribution in [0.3, 0.4) is 0 Å². The molecule has 3 aromatic carbocycles. The van der Waals surface area contributed by atoms with Crippen molar-refractivity contribution >= 4 is 23.2 Å². The summed E-state index contributed by atoms with van der Waals surface area (Å²) in [6, 6.07) is 20.3. The number of aromatic nitrogens is 2. The summed E-state index contributed by atoms with van der Waals surface area (Å²) < 4.78 is 19.7. The van der Waals surface area contributed by atoms with E-state index in [1.165, 1.54) is 19.2 Å². The normalized spacial score (nSPS) is 10.7. The molecular formula is C26H23FN4O3. The van der Waals surface area contributed by atoms with Gasteiger partial charge in [-0.05, 0) is 55.5 Å². The highest BCUT2D eigenvalue weighted by molar-refractivity contribution is 6.08. The topological polar surface area (TPSA) is 85.3 Å². The van der Waals surface area contributed by atoms with Crippen molar-refractivity contribution in [1.29, 1.82) is 0 Å². The van der Waals surface area contributed by atoms with E-state index >= 15 is 0 Å². The van der Waals surface area contributed by atoms with Gasteiger partial charge in [0.2, 0.25) is 5.91 Å². The van der Waals surface area contributed by atoms with Crippen LogP contribution in [0.25, 0.3) is 16.9 Å². The predicted molar refractivity (Wildman–Crippen MR) is 129 cm³/mol. The average molecular weight is 458 g/mol. The van der Waals surface area contributed by atoms with Crippen LogP contribution in [0.15, 0.2) is 79.0 Å². The third-order valence-corrected chi connectivity index (χ3v) is 5.08. The molecular weight excluding hydrogens is 435 g/mol. The Bertz CT molecular complexity index is 1300. The molecule has 0 aliphatic rings. The quantitative estimate of drug-likeness (QED) is 0.416. The summed E-state index contributed by atoms with van der Waals surface area (Å²) in [5.74, 6) is -0.968. The van der Waals surface area contributed by atoms with Gasteiger partial charge in [0, 0.05) is 30.2 Å². The Morgan fingerprint density at radius 3 is 2.15 bits per heavy atom. The van der Waals surface area contributed by atoms with Crippen LogP contribution >= 0.6 is 0 Å². The molecule has 0 aliphatic heterocycles. The van der Waals surface area contributed by atoms with Crippen LogP contribution in [0.2, 0.25) is 0 Å². The molecule has 34 heavy (non-hydrogen) atoms. The summed E-state index contributed by atoms with van der Waals surface area (Å²) in [7, 11) is 1.45. The number of hydrogen-bond donors (Lipinski definition) is 2. The molecule has 172 valence electrons. The number of benzene rings is 3. The number of ether oxygens (including phenoxy) is 1. The van der Waals surface area contributed by atoms with Crippen molar-refractivity contribution in [3.63, 3.8) is 0 Å². The zero-order chi connectivity index (χ0) is 24.1. The van der Waals surface area contributed by atoms with Gasteiger partial charge < -0.3 is 15.4 Å². The number of nitrogens with zero attached hydrogens (tertiary/aromatic N) is 2. The molecule has 2 amide bonds. The summed E-state index contributed by atoms with van der Waals surface area (Å²) >= 11 is 0. The number of aryl methyl sites for hydroxylation is 1. The van der Waals surface area contributed by atoms with Gasteiger partial charge in [-0.1, -0.05) is 29.8 Å². The molecule has 0 radical (unpaired) electrons. The fourth-order valence-corrected chi connectivity index (χ4v) is 3.35. The molecule has 4 rings (SSSR count). The Hall–Kier alpha value is -4.30. The molecule has 0 atom stereocenters. The van der Waals surface area contributed by atoms with Crippen molar-refractivity contribution in [2.24, 2.45) is 0 Å². The zero-order valence-electron chi connectivity index (χ0n) is 18.7. The highest BCUT2D eigenvalue weighted by Crippen LogP contribution is 2.25. The van der Waals surface area contributed by atoms with Crippen LogP contribution in [0, 0.1) is 12.7 Å². The Kier molecular flexibility index (Phi) is 6.79. The number of methoxy groups -OCH3 is 1. The predicted octanol–water partition coefficient (Wildman–Crippen LogP) is 4.82. The smallest absolute Gasteiger partial charge is 0.259 e. The third-order valence-electron chi connectivity index (χ3n) is 5.08. The van der Waals surface area contributed by atoms with Gasteiger partial charge in [0.05, 0.1) is 11.3 Å². The minimum atomic E-state index is -0.352. The standard InChI is InChI=1S/C26H23FN4O3/c1-17-3-5-18(6-4-17)25-23(15-31(30-25)22-13-7-19(27)8-14-22)26(33)29-21-11-9-20(10-12-21)28-24(32)16-34-2/h3-15H,16H2,1-2H3,(H,28,32)(H,29,33). The molecule has 1 aromatic heterocycles. The summed E-state index contributed by atoms with van der Waals surface area (Å²) in [5, 5.41) is 10.2. The van der Waals surface area contributed by atoms with Gasteiger partial charge in [-0.15, -0.1) is 0 Å². The molecule has 2 N–H and O–H groups in total. The second kappa shape index (κ2) is 10.1. The highest BCUT2D eigenvalue weighted by Gasteiger charge is 2.19. The maximum Gasteiger partial charge on any atom is 0.259 e. The van der Waals surface area contributed by atoms with E-state index in [1.54, 1.807) is 47.3 Å². The van der Waals surface area contributed by atoms with Gasteiger partial charge in [0.1, 0.15) is 18.1 Å². The number of carbonyl (C=O) groups excluding carboxylic acids is 2. The molecule has 0 saturated carbocycles. The first kappa shape index (κ1) is 22.9. The second-order valence-corrected chi connectivity index (χ2v) is 7.69. The van der Waals surface area contributed by atoms with Gasteiger partial charge in [-0.3, -0.25) is 9.59 Å². The number of nitrogens with one attached hydrogen (secondary N) is 2. The van der Waals surface area contributed by atoms with Crippen LogP contribution < -0.4 is 10.6 Å². The number of halogens is 1. The summed E-state index contributed by atoms with van der Waals surface area (Å²) in [5.41, 5.74) is 4.52. The molecule has 0 saturated heterocycles. The molecule has 8 heteroatoms. The zero-order valence-corrected chi connectivity index (χ0v) is 18.7. The second-order valence-electron chi connectivity index (χ2n) is 7.69. The molecule has 0 fully saturated rings. The first-order chi connectivity index (χ1) is 16.4. The lowest BCUT2D eigenvalue weighted by Gasteiger charge is -2.08. The van der Waals surface area contributed by atoms with E-state index < -0.39 is 0 Å². The summed E-state index contributed by atoms with van der Waals surface area (Å²) in [4.78, 5) is 24.9. The Labute approximate surface area is 196 Å². The maximum atomic E-state index is 13.4. The minimum absolute atomic E-state index is 0.0433. The van der Waals surface area contributed by atoms with Gasteiger partial charge in [-0.25, -0.2) is 9.07 Å². The van der Waals surface area contributed by atoms with Crippen molar-refractivity contribution in [2.75, 3.05) is 24.4 Å². The molecule has 7 nitrogen and oxygen atoms in total. The van der Waals surface area contributed by atoms with Gasteiger partial charge >= 0.3 is 0 Å². The first-order valence-corrected chi connectivity index (χ1v) is 10.6. The maximum absolute atomic E-state index is 13.4. The lowest BCUT2D eigenvalue weighted by atomic mass is 10.1. The number of hydrogen-bond acceptors (Lipinski definition) is 4. The SMILES string of the molecule is COCC(=O)Nc1ccc(NC(=O)c2cn(-c3ccc(F)cc3)nc2-c2ccc(C)cc2)cc1. The molecule has 0 aliphatic carbocycles. The highest BCUT2D eigenvalue weighted by atomic mass is 19.1. The van der Waals surface area contributed by atoms with Gasteiger partial charge in [-0.2, -0.15) is 5.10 Å².